The first kappa shape index (κ1) is 21.1. The molecule has 1 radical (unpaired) electrons. The van der Waals surface area contributed by atoms with E-state index in [9.17, 15) is 5.11 Å². The zero-order chi connectivity index (χ0) is 19.1. The van der Waals surface area contributed by atoms with Crippen LogP contribution in [0.5, 0.6) is 0 Å². The molecule has 1 aromatic heterocycles. The monoisotopic (exact) mass is 515 g/mol. The number of aliphatic hydroxyl groups excluding tert-OH is 1. The van der Waals surface area contributed by atoms with E-state index in [0.717, 1.165) is 36.9 Å². The van der Waals surface area contributed by atoms with Gasteiger partial charge in [-0.1, -0.05) is 12.1 Å². The SMILES string of the molecule is C[Si](OC1CCCCO1)c1nccn1[C@H](CO)S/C=C/c1ccc(I)cc1. The van der Waals surface area contributed by atoms with Gasteiger partial charge in [0.1, 0.15) is 17.1 Å². The maximum Gasteiger partial charge on any atom is 0.289 e. The van der Waals surface area contributed by atoms with E-state index in [1.54, 1.807) is 18.0 Å². The van der Waals surface area contributed by atoms with E-state index < -0.39 is 9.04 Å². The largest absolute Gasteiger partial charge is 0.393 e. The minimum atomic E-state index is -1.31. The average molecular weight is 515 g/mol. The van der Waals surface area contributed by atoms with E-state index >= 15 is 0 Å². The Morgan fingerprint density at radius 1 is 1.44 bits per heavy atom. The Labute approximate surface area is 180 Å². The molecule has 8 heteroatoms. The van der Waals surface area contributed by atoms with Gasteiger partial charge in [0.25, 0.3) is 9.04 Å². The molecule has 1 N–H and O–H groups in total. The maximum absolute atomic E-state index is 9.90. The molecule has 2 aromatic rings. The van der Waals surface area contributed by atoms with Gasteiger partial charge in [-0.2, -0.15) is 0 Å². The quantitative estimate of drug-likeness (QED) is 0.429. The van der Waals surface area contributed by atoms with Gasteiger partial charge >= 0.3 is 0 Å². The summed E-state index contributed by atoms with van der Waals surface area (Å²) in [6.45, 7) is 2.88. The van der Waals surface area contributed by atoms with E-state index in [4.69, 9.17) is 9.16 Å². The van der Waals surface area contributed by atoms with Gasteiger partial charge in [0, 0.05) is 22.6 Å². The highest BCUT2D eigenvalue weighted by Gasteiger charge is 2.25. The van der Waals surface area contributed by atoms with Crippen molar-refractivity contribution in [1.29, 1.82) is 0 Å². The highest BCUT2D eigenvalue weighted by Crippen LogP contribution is 2.24. The highest BCUT2D eigenvalue weighted by atomic mass is 127. The molecular formula is C19H24IN2O3SSi. The molecule has 2 heterocycles. The number of thioether (sulfide) groups is 1. The molecular weight excluding hydrogens is 491 g/mol. The molecule has 27 heavy (non-hydrogen) atoms. The van der Waals surface area contributed by atoms with Crippen LogP contribution in [0.15, 0.2) is 42.1 Å². The number of benzene rings is 1. The van der Waals surface area contributed by atoms with Gasteiger partial charge in [-0.25, -0.2) is 4.98 Å². The van der Waals surface area contributed by atoms with Crippen LogP contribution in [0, 0.1) is 3.57 Å². The van der Waals surface area contributed by atoms with Crippen LogP contribution in [0.1, 0.15) is 30.2 Å². The van der Waals surface area contributed by atoms with Crippen LogP contribution in [0.25, 0.3) is 6.08 Å². The van der Waals surface area contributed by atoms with Crippen molar-refractivity contribution in [3.05, 3.63) is 51.2 Å². The normalized spacial score (nSPS) is 19.0. The standard InChI is InChI=1S/C19H24IN2O3SSi/c1-27(25-18-4-2-3-12-24-18)19-21-10-11-22(19)17(14-23)26-13-9-15-5-7-16(20)8-6-15/h5-11,13,17-18,23H,2-4,12,14H2,1H3/b13-9+/t17-,18?/m0/s1. The van der Waals surface area contributed by atoms with Crippen molar-refractivity contribution in [2.45, 2.75) is 37.5 Å². The van der Waals surface area contributed by atoms with Crippen LogP contribution in [0.3, 0.4) is 0 Å². The summed E-state index contributed by atoms with van der Waals surface area (Å²) in [5.41, 5.74) is 2.05. The lowest BCUT2D eigenvalue weighted by molar-refractivity contribution is -0.107. The number of rotatable bonds is 8. The minimum absolute atomic E-state index is 0.0279. The second-order valence-corrected chi connectivity index (χ2v) is 10.4. The van der Waals surface area contributed by atoms with Crippen molar-refractivity contribution in [3.63, 3.8) is 0 Å². The Morgan fingerprint density at radius 3 is 2.96 bits per heavy atom. The molecule has 1 fully saturated rings. The van der Waals surface area contributed by atoms with Crippen molar-refractivity contribution in [1.82, 2.24) is 9.55 Å². The lowest BCUT2D eigenvalue weighted by Gasteiger charge is -2.26. The molecule has 1 aromatic carbocycles. The zero-order valence-electron chi connectivity index (χ0n) is 15.3. The van der Waals surface area contributed by atoms with Gasteiger partial charge in [0.2, 0.25) is 0 Å². The fourth-order valence-corrected chi connectivity index (χ4v) is 5.64. The molecule has 1 unspecified atom stereocenters. The first-order valence-corrected chi connectivity index (χ1v) is 12.9. The fourth-order valence-electron chi connectivity index (χ4n) is 2.85. The van der Waals surface area contributed by atoms with E-state index in [0.29, 0.717) is 0 Å². The van der Waals surface area contributed by atoms with Crippen LogP contribution in [-0.4, -0.2) is 43.2 Å². The Morgan fingerprint density at radius 2 is 2.26 bits per heavy atom. The number of aromatic nitrogens is 2. The molecule has 3 rings (SSSR count). The number of hydrogen-bond acceptors (Lipinski definition) is 5. The van der Waals surface area contributed by atoms with Crippen molar-refractivity contribution >= 4 is 54.9 Å². The maximum atomic E-state index is 9.90. The van der Waals surface area contributed by atoms with Crippen LogP contribution >= 0.6 is 34.4 Å². The average Bonchev–Trinajstić information content (AvgIpc) is 3.17. The number of halogens is 1. The molecule has 0 saturated carbocycles. The van der Waals surface area contributed by atoms with Gasteiger partial charge in [-0.15, -0.1) is 11.8 Å². The molecule has 0 bridgehead atoms. The molecule has 0 amide bonds. The molecule has 1 aliphatic heterocycles. The summed E-state index contributed by atoms with van der Waals surface area (Å²) in [5.74, 6) is 0. The van der Waals surface area contributed by atoms with Crippen molar-refractivity contribution < 1.29 is 14.3 Å². The second kappa shape index (κ2) is 10.8. The Hall–Kier alpha value is -0.653. The smallest absolute Gasteiger partial charge is 0.289 e. The summed E-state index contributed by atoms with van der Waals surface area (Å²) < 4.78 is 15.1. The third-order valence-electron chi connectivity index (χ3n) is 4.26. The lowest BCUT2D eigenvalue weighted by atomic mass is 10.2. The summed E-state index contributed by atoms with van der Waals surface area (Å²) in [7, 11) is -1.31. The Kier molecular flexibility index (Phi) is 8.40. The fraction of sp³-hybridized carbons (Fsp3) is 0.421. The van der Waals surface area contributed by atoms with Gasteiger partial charge in [0.15, 0.2) is 0 Å². The van der Waals surface area contributed by atoms with Gasteiger partial charge in [-0.3, -0.25) is 0 Å². The molecule has 5 nitrogen and oxygen atoms in total. The van der Waals surface area contributed by atoms with Gasteiger partial charge in [-0.05, 0) is 77.6 Å². The van der Waals surface area contributed by atoms with Crippen LogP contribution < -0.4 is 5.45 Å². The summed E-state index contributed by atoms with van der Waals surface area (Å²) >= 11 is 3.87. The van der Waals surface area contributed by atoms with Gasteiger partial charge in [0.05, 0.1) is 6.61 Å². The highest BCUT2D eigenvalue weighted by molar-refractivity contribution is 14.1. The molecule has 2 atom stereocenters. The van der Waals surface area contributed by atoms with E-state index in [2.05, 4.69) is 64.5 Å². The van der Waals surface area contributed by atoms with Crippen molar-refractivity contribution in [3.8, 4) is 0 Å². The predicted octanol–water partition coefficient (Wildman–Crippen LogP) is 3.75. The summed E-state index contributed by atoms with van der Waals surface area (Å²) in [5, 5.41) is 11.8. The Bertz CT molecular complexity index is 735. The van der Waals surface area contributed by atoms with E-state index in [1.165, 1.54) is 3.57 Å². The summed E-state index contributed by atoms with van der Waals surface area (Å²) in [6.07, 6.45) is 8.83. The topological polar surface area (TPSA) is 56.5 Å². The van der Waals surface area contributed by atoms with Crippen molar-refractivity contribution in [2.75, 3.05) is 13.2 Å². The molecule has 0 spiro atoms. The van der Waals surface area contributed by atoms with Gasteiger partial charge < -0.3 is 18.8 Å². The van der Waals surface area contributed by atoms with Crippen LogP contribution in [0.4, 0.5) is 0 Å². The number of nitrogens with zero attached hydrogens (tertiary/aromatic N) is 2. The molecule has 0 aliphatic carbocycles. The minimum Gasteiger partial charge on any atom is -0.393 e. The molecule has 1 saturated heterocycles. The third-order valence-corrected chi connectivity index (χ3v) is 7.60. The number of hydrogen-bond donors (Lipinski definition) is 1. The van der Waals surface area contributed by atoms with Crippen LogP contribution in [-0.2, 0) is 9.16 Å². The van der Waals surface area contributed by atoms with Crippen LogP contribution in [0.2, 0.25) is 6.55 Å². The third kappa shape index (κ3) is 6.16. The second-order valence-electron chi connectivity index (χ2n) is 6.26. The molecule has 1 aliphatic rings. The number of aliphatic hydroxyl groups is 1. The van der Waals surface area contributed by atoms with E-state index in [1.807, 2.05) is 16.2 Å². The summed E-state index contributed by atoms with van der Waals surface area (Å²) in [6, 6.07) is 8.33. The van der Waals surface area contributed by atoms with Crippen molar-refractivity contribution in [2.24, 2.45) is 0 Å². The predicted molar refractivity (Wildman–Crippen MR) is 120 cm³/mol. The zero-order valence-corrected chi connectivity index (χ0v) is 19.2. The van der Waals surface area contributed by atoms with E-state index in [-0.39, 0.29) is 18.3 Å². The Balaban J connectivity index is 1.63. The summed E-state index contributed by atoms with van der Waals surface area (Å²) in [4.78, 5) is 4.50. The number of imidazole rings is 1. The first-order chi connectivity index (χ1) is 13.2. The first-order valence-electron chi connectivity index (χ1n) is 9.01. The lowest BCUT2D eigenvalue weighted by Crippen LogP contribution is -2.43. The molecule has 145 valence electrons. The number of ether oxygens (including phenoxy) is 1.